The first-order valence-corrected chi connectivity index (χ1v) is 9.32. The van der Waals surface area contributed by atoms with E-state index >= 15 is 0 Å². The van der Waals surface area contributed by atoms with Crippen LogP contribution in [0.5, 0.6) is 0 Å². The van der Waals surface area contributed by atoms with Crippen molar-refractivity contribution in [3.05, 3.63) is 0 Å². The van der Waals surface area contributed by atoms with Gasteiger partial charge in [-0.25, -0.2) is 0 Å². The molecule has 2 unspecified atom stereocenters. The van der Waals surface area contributed by atoms with E-state index in [0.29, 0.717) is 0 Å². The summed E-state index contributed by atoms with van der Waals surface area (Å²) in [5, 5.41) is 0. The molecule has 128 valence electrons. The second-order valence-corrected chi connectivity index (χ2v) is 6.72. The van der Waals surface area contributed by atoms with E-state index in [0.717, 1.165) is 25.7 Å². The van der Waals surface area contributed by atoms with Crippen molar-refractivity contribution in [3.63, 3.8) is 0 Å². The second-order valence-electron chi connectivity index (χ2n) is 6.72. The lowest BCUT2D eigenvalue weighted by atomic mass is 9.77. The normalized spacial score (nSPS) is 17.4. The van der Waals surface area contributed by atoms with Gasteiger partial charge in [-0.15, -0.1) is 0 Å². The van der Waals surface area contributed by atoms with Gasteiger partial charge in [0.1, 0.15) is 0 Å². The van der Waals surface area contributed by atoms with Crippen LogP contribution < -0.4 is 17.2 Å². The van der Waals surface area contributed by atoms with Gasteiger partial charge < -0.3 is 17.2 Å². The highest BCUT2D eigenvalue weighted by molar-refractivity contribution is 5.01. The van der Waals surface area contributed by atoms with Crippen LogP contribution in [-0.4, -0.2) is 17.6 Å². The first kappa shape index (κ1) is 20.9. The Labute approximate surface area is 133 Å². The first-order chi connectivity index (χ1) is 10.0. The Hall–Kier alpha value is -0.120. The maximum absolute atomic E-state index is 6.55. The van der Waals surface area contributed by atoms with Crippen LogP contribution in [0.15, 0.2) is 0 Å². The van der Waals surface area contributed by atoms with Crippen molar-refractivity contribution in [2.45, 2.75) is 115 Å². The molecular formula is C18H41N3. The Bertz CT molecular complexity index is 221. The fraction of sp³-hybridized carbons (Fsp3) is 1.00. The maximum Gasteiger partial charge on any atom is 0.0460 e. The summed E-state index contributed by atoms with van der Waals surface area (Å²) < 4.78 is 0. The zero-order chi connectivity index (χ0) is 16.1. The van der Waals surface area contributed by atoms with Crippen molar-refractivity contribution in [1.29, 1.82) is 0 Å². The molecule has 0 aliphatic carbocycles. The third-order valence-electron chi connectivity index (χ3n) is 4.97. The van der Waals surface area contributed by atoms with Crippen molar-refractivity contribution >= 4 is 0 Å². The molecule has 0 saturated carbocycles. The van der Waals surface area contributed by atoms with E-state index in [9.17, 15) is 0 Å². The summed E-state index contributed by atoms with van der Waals surface area (Å²) in [6.45, 7) is 6.47. The van der Waals surface area contributed by atoms with Crippen LogP contribution in [0.3, 0.4) is 0 Å². The second kappa shape index (κ2) is 12.4. The lowest BCUT2D eigenvalue weighted by Crippen LogP contribution is -2.65. The van der Waals surface area contributed by atoms with E-state index in [4.69, 9.17) is 17.2 Å². The van der Waals surface area contributed by atoms with Gasteiger partial charge in [0.2, 0.25) is 0 Å². The molecule has 21 heavy (non-hydrogen) atoms. The first-order valence-electron chi connectivity index (χ1n) is 9.32. The predicted octanol–water partition coefficient (Wildman–Crippen LogP) is 4.08. The minimum absolute atomic E-state index is 0.0153. The van der Waals surface area contributed by atoms with Crippen LogP contribution in [-0.2, 0) is 0 Å². The average Bonchev–Trinajstić information content (AvgIpc) is 2.51. The van der Waals surface area contributed by atoms with Crippen molar-refractivity contribution in [1.82, 2.24) is 0 Å². The van der Waals surface area contributed by atoms with Crippen molar-refractivity contribution in [2.75, 3.05) is 0 Å². The molecule has 0 fully saturated rings. The van der Waals surface area contributed by atoms with Gasteiger partial charge in [0.25, 0.3) is 0 Å². The van der Waals surface area contributed by atoms with E-state index in [-0.39, 0.29) is 17.6 Å². The van der Waals surface area contributed by atoms with E-state index in [2.05, 4.69) is 20.8 Å². The SMILES string of the molecule is CCCCCCCCCCCC(N)(C(N)CC)C(N)CC. The minimum atomic E-state index is -0.384. The molecule has 0 aliphatic rings. The molecule has 3 nitrogen and oxygen atoms in total. The number of hydrogen-bond acceptors (Lipinski definition) is 3. The average molecular weight is 300 g/mol. The summed E-state index contributed by atoms with van der Waals surface area (Å²) in [5.74, 6) is 0. The maximum atomic E-state index is 6.55. The summed E-state index contributed by atoms with van der Waals surface area (Å²) in [7, 11) is 0. The van der Waals surface area contributed by atoms with Crippen LogP contribution in [0.25, 0.3) is 0 Å². The third-order valence-corrected chi connectivity index (χ3v) is 4.97. The molecule has 0 spiro atoms. The van der Waals surface area contributed by atoms with Crippen LogP contribution >= 0.6 is 0 Å². The Balaban J connectivity index is 3.84. The zero-order valence-electron chi connectivity index (χ0n) is 14.9. The van der Waals surface area contributed by atoms with Crippen LogP contribution in [0.4, 0.5) is 0 Å². The van der Waals surface area contributed by atoms with Crippen LogP contribution in [0, 0.1) is 0 Å². The highest BCUT2D eigenvalue weighted by Gasteiger charge is 2.36. The molecule has 0 radical (unpaired) electrons. The third kappa shape index (κ3) is 8.18. The predicted molar refractivity (Wildman–Crippen MR) is 95.3 cm³/mol. The number of nitrogens with two attached hydrogens (primary N) is 3. The Kier molecular flexibility index (Phi) is 12.4. The Morgan fingerprint density at radius 1 is 0.667 bits per heavy atom. The molecule has 0 aliphatic heterocycles. The van der Waals surface area contributed by atoms with E-state index in [1.54, 1.807) is 0 Å². The van der Waals surface area contributed by atoms with E-state index in [1.165, 1.54) is 51.4 Å². The zero-order valence-corrected chi connectivity index (χ0v) is 14.9. The number of rotatable bonds is 14. The van der Waals surface area contributed by atoms with Gasteiger partial charge in [-0.05, 0) is 19.3 Å². The summed E-state index contributed by atoms with van der Waals surface area (Å²) in [4.78, 5) is 0. The molecule has 0 aromatic rings. The molecule has 2 atom stereocenters. The van der Waals surface area contributed by atoms with Gasteiger partial charge in [0.05, 0.1) is 0 Å². The highest BCUT2D eigenvalue weighted by Crippen LogP contribution is 2.23. The Morgan fingerprint density at radius 3 is 1.43 bits per heavy atom. The molecule has 0 saturated heterocycles. The molecule has 0 rings (SSSR count). The Morgan fingerprint density at radius 2 is 1.05 bits per heavy atom. The fourth-order valence-corrected chi connectivity index (χ4v) is 3.15. The molecule has 0 aromatic heterocycles. The number of unbranched alkanes of at least 4 members (excludes halogenated alkanes) is 8. The molecule has 3 heteroatoms. The summed E-state index contributed by atoms with van der Waals surface area (Å²) in [6, 6.07) is 0.0305. The van der Waals surface area contributed by atoms with E-state index < -0.39 is 0 Å². The van der Waals surface area contributed by atoms with Crippen LogP contribution in [0.2, 0.25) is 0 Å². The quantitative estimate of drug-likeness (QED) is 0.423. The summed E-state index contributed by atoms with van der Waals surface area (Å²) in [5.41, 5.74) is 18.6. The molecule has 0 bridgehead atoms. The van der Waals surface area contributed by atoms with Gasteiger partial charge in [0.15, 0.2) is 0 Å². The molecule has 0 aromatic carbocycles. The molecular weight excluding hydrogens is 258 g/mol. The van der Waals surface area contributed by atoms with Gasteiger partial charge in [-0.2, -0.15) is 0 Å². The van der Waals surface area contributed by atoms with Gasteiger partial charge in [-0.1, -0.05) is 78.6 Å². The van der Waals surface area contributed by atoms with Gasteiger partial charge in [-0.3, -0.25) is 0 Å². The minimum Gasteiger partial charge on any atom is -0.326 e. The van der Waals surface area contributed by atoms with E-state index in [1.807, 2.05) is 0 Å². The lowest BCUT2D eigenvalue weighted by molar-refractivity contribution is 0.245. The molecule has 0 amide bonds. The smallest absolute Gasteiger partial charge is 0.0460 e. The summed E-state index contributed by atoms with van der Waals surface area (Å²) in [6.07, 6.45) is 14.8. The number of hydrogen-bond donors (Lipinski definition) is 3. The lowest BCUT2D eigenvalue weighted by Gasteiger charge is -2.40. The fourth-order valence-electron chi connectivity index (χ4n) is 3.15. The molecule has 6 N–H and O–H groups in total. The largest absolute Gasteiger partial charge is 0.326 e. The summed E-state index contributed by atoms with van der Waals surface area (Å²) >= 11 is 0. The van der Waals surface area contributed by atoms with Gasteiger partial charge >= 0.3 is 0 Å². The van der Waals surface area contributed by atoms with Crippen molar-refractivity contribution < 1.29 is 0 Å². The topological polar surface area (TPSA) is 78.1 Å². The highest BCUT2D eigenvalue weighted by atomic mass is 14.9. The van der Waals surface area contributed by atoms with Gasteiger partial charge in [0, 0.05) is 17.6 Å². The van der Waals surface area contributed by atoms with Crippen LogP contribution in [0.1, 0.15) is 97.8 Å². The van der Waals surface area contributed by atoms with Crippen molar-refractivity contribution in [2.24, 2.45) is 17.2 Å². The molecule has 0 heterocycles. The standard InChI is InChI=1S/C18H41N3/c1-4-7-8-9-10-11-12-13-14-15-18(21,16(19)5-2)17(20)6-3/h16-17H,4-15,19-21H2,1-3H3. The monoisotopic (exact) mass is 299 g/mol. The van der Waals surface area contributed by atoms with Crippen molar-refractivity contribution in [3.8, 4) is 0 Å².